The summed E-state index contributed by atoms with van der Waals surface area (Å²) in [6.07, 6.45) is 1.08. The fourth-order valence-electron chi connectivity index (χ4n) is 2.91. The molecule has 6 nitrogen and oxygen atoms in total. The van der Waals surface area contributed by atoms with E-state index in [-0.39, 0.29) is 11.9 Å². The lowest BCUT2D eigenvalue weighted by atomic mass is 10.1. The molecule has 0 bridgehead atoms. The van der Waals surface area contributed by atoms with Crippen LogP contribution in [0.1, 0.15) is 31.0 Å². The lowest BCUT2D eigenvalue weighted by Crippen LogP contribution is -2.48. The van der Waals surface area contributed by atoms with Crippen LogP contribution in [-0.2, 0) is 14.8 Å². The highest BCUT2D eigenvalue weighted by atomic mass is 32.2. The van der Waals surface area contributed by atoms with Gasteiger partial charge in [-0.15, -0.1) is 0 Å². The second kappa shape index (κ2) is 8.43. The van der Waals surface area contributed by atoms with Gasteiger partial charge in [0.2, 0.25) is 15.9 Å². The first-order valence-electron chi connectivity index (χ1n) is 8.64. The number of benzene rings is 2. The van der Waals surface area contributed by atoms with Crippen LogP contribution in [0.2, 0.25) is 0 Å². The molecule has 0 aliphatic carbocycles. The van der Waals surface area contributed by atoms with Gasteiger partial charge in [0, 0.05) is 0 Å². The molecule has 2 atom stereocenters. The average molecular weight is 391 g/mol. The van der Waals surface area contributed by atoms with Gasteiger partial charge in [-0.1, -0.05) is 36.4 Å². The Morgan fingerprint density at radius 3 is 2.30 bits per heavy atom. The van der Waals surface area contributed by atoms with Crippen LogP contribution in [0, 0.1) is 6.92 Å². The third-order valence-electron chi connectivity index (χ3n) is 4.32. The predicted molar refractivity (Wildman–Crippen MR) is 108 cm³/mol. The van der Waals surface area contributed by atoms with Crippen LogP contribution < -0.4 is 14.4 Å². The molecule has 7 heteroatoms. The Balaban J connectivity index is 2.35. The number of nitrogens with zero attached hydrogens (tertiary/aromatic N) is 1. The molecule has 146 valence electrons. The van der Waals surface area contributed by atoms with Crippen molar-refractivity contribution in [2.24, 2.45) is 0 Å². The number of methoxy groups -OCH3 is 1. The molecule has 0 saturated carbocycles. The Morgan fingerprint density at radius 1 is 1.11 bits per heavy atom. The summed E-state index contributed by atoms with van der Waals surface area (Å²) in [4.78, 5) is 12.8. The minimum atomic E-state index is -3.72. The highest BCUT2D eigenvalue weighted by Crippen LogP contribution is 2.32. The van der Waals surface area contributed by atoms with Crippen LogP contribution >= 0.6 is 0 Å². The quantitative estimate of drug-likeness (QED) is 0.788. The maximum absolute atomic E-state index is 12.8. The number of sulfonamides is 1. The summed E-state index contributed by atoms with van der Waals surface area (Å²) in [6, 6.07) is 13.5. The highest BCUT2D eigenvalue weighted by Gasteiger charge is 2.32. The third-order valence-corrected chi connectivity index (χ3v) is 5.55. The van der Waals surface area contributed by atoms with Crippen LogP contribution in [-0.4, -0.2) is 33.7 Å². The minimum Gasteiger partial charge on any atom is -0.495 e. The van der Waals surface area contributed by atoms with E-state index in [0.29, 0.717) is 11.4 Å². The van der Waals surface area contributed by atoms with E-state index in [2.05, 4.69) is 5.32 Å². The molecule has 0 saturated heterocycles. The van der Waals surface area contributed by atoms with Crippen LogP contribution in [0.3, 0.4) is 0 Å². The van der Waals surface area contributed by atoms with Crippen molar-refractivity contribution in [2.45, 2.75) is 32.9 Å². The zero-order valence-corrected chi connectivity index (χ0v) is 17.1. The SMILES string of the molecule is COc1ccc(C)cc1N(C(C)C(=O)N[C@@H](C)c1ccccc1)S(C)(=O)=O. The normalized spacial score (nSPS) is 13.5. The van der Waals surface area contributed by atoms with E-state index in [1.807, 2.05) is 50.2 Å². The molecule has 0 aromatic heterocycles. The van der Waals surface area contributed by atoms with E-state index in [9.17, 15) is 13.2 Å². The maximum Gasteiger partial charge on any atom is 0.244 e. The minimum absolute atomic E-state index is 0.248. The third kappa shape index (κ3) is 5.01. The van der Waals surface area contributed by atoms with Crippen molar-refractivity contribution in [3.63, 3.8) is 0 Å². The van der Waals surface area contributed by atoms with Gasteiger partial charge in [-0.25, -0.2) is 8.42 Å². The van der Waals surface area contributed by atoms with Crippen LogP contribution in [0.15, 0.2) is 48.5 Å². The van der Waals surface area contributed by atoms with E-state index < -0.39 is 16.1 Å². The number of carbonyl (C=O) groups is 1. The van der Waals surface area contributed by atoms with Gasteiger partial charge in [0.05, 0.1) is 25.1 Å². The molecule has 27 heavy (non-hydrogen) atoms. The van der Waals surface area contributed by atoms with Crippen molar-refractivity contribution in [3.8, 4) is 5.75 Å². The summed E-state index contributed by atoms with van der Waals surface area (Å²) in [7, 11) is -2.25. The molecule has 0 spiro atoms. The van der Waals surface area contributed by atoms with Crippen molar-refractivity contribution < 1.29 is 17.9 Å². The van der Waals surface area contributed by atoms with E-state index in [0.717, 1.165) is 21.7 Å². The Kier molecular flexibility index (Phi) is 6.49. The number of anilines is 1. The predicted octanol–water partition coefficient (Wildman–Crippen LogP) is 3.04. The molecule has 1 unspecified atom stereocenters. The molecule has 0 radical (unpaired) electrons. The number of rotatable bonds is 7. The number of hydrogen-bond donors (Lipinski definition) is 1. The number of carbonyl (C=O) groups excluding carboxylic acids is 1. The van der Waals surface area contributed by atoms with Gasteiger partial charge in [-0.05, 0) is 44.0 Å². The van der Waals surface area contributed by atoms with E-state index in [1.54, 1.807) is 19.1 Å². The second-order valence-electron chi connectivity index (χ2n) is 6.55. The monoisotopic (exact) mass is 390 g/mol. The molecular weight excluding hydrogens is 364 g/mol. The maximum atomic E-state index is 12.8. The Labute approximate surface area is 161 Å². The van der Waals surface area contributed by atoms with Crippen LogP contribution in [0.4, 0.5) is 5.69 Å². The van der Waals surface area contributed by atoms with Crippen molar-refractivity contribution >= 4 is 21.6 Å². The molecule has 1 N–H and O–H groups in total. The molecule has 0 aliphatic rings. The van der Waals surface area contributed by atoms with Crippen molar-refractivity contribution in [1.29, 1.82) is 0 Å². The fourth-order valence-corrected chi connectivity index (χ4v) is 4.08. The zero-order chi connectivity index (χ0) is 20.2. The first-order chi connectivity index (χ1) is 12.6. The standard InChI is InChI=1S/C20H26N2O4S/c1-14-11-12-19(26-4)18(13-14)22(27(5,24)25)16(3)20(23)21-15(2)17-9-7-6-8-10-17/h6-13,15-16H,1-5H3,(H,21,23)/t15-,16?/m0/s1. The van der Waals surface area contributed by atoms with Gasteiger partial charge in [0.15, 0.2) is 0 Å². The number of nitrogens with one attached hydrogen (secondary N) is 1. The zero-order valence-electron chi connectivity index (χ0n) is 16.3. The van der Waals surface area contributed by atoms with Gasteiger partial charge in [0.25, 0.3) is 0 Å². The molecule has 0 heterocycles. The summed E-state index contributed by atoms with van der Waals surface area (Å²) >= 11 is 0. The van der Waals surface area contributed by atoms with Gasteiger partial charge < -0.3 is 10.1 Å². The molecule has 2 aromatic rings. The molecular formula is C20H26N2O4S. The van der Waals surface area contributed by atoms with Crippen molar-refractivity contribution in [2.75, 3.05) is 17.7 Å². The van der Waals surface area contributed by atoms with E-state index >= 15 is 0 Å². The van der Waals surface area contributed by atoms with Crippen molar-refractivity contribution in [1.82, 2.24) is 5.32 Å². The van der Waals surface area contributed by atoms with Gasteiger partial charge in [0.1, 0.15) is 11.8 Å². The van der Waals surface area contributed by atoms with Gasteiger partial charge in [-0.2, -0.15) is 0 Å². The van der Waals surface area contributed by atoms with Crippen LogP contribution in [0.5, 0.6) is 5.75 Å². The first kappa shape index (κ1) is 20.8. The fraction of sp³-hybridized carbons (Fsp3) is 0.350. The molecule has 2 aromatic carbocycles. The topological polar surface area (TPSA) is 75.7 Å². The summed E-state index contributed by atoms with van der Waals surface area (Å²) in [5, 5.41) is 2.88. The summed E-state index contributed by atoms with van der Waals surface area (Å²) < 4.78 is 31.4. The van der Waals surface area contributed by atoms with E-state index in [4.69, 9.17) is 4.74 Å². The van der Waals surface area contributed by atoms with Crippen LogP contribution in [0.25, 0.3) is 0 Å². The van der Waals surface area contributed by atoms with Gasteiger partial charge in [-0.3, -0.25) is 9.10 Å². The smallest absolute Gasteiger partial charge is 0.244 e. The lowest BCUT2D eigenvalue weighted by molar-refractivity contribution is -0.122. The highest BCUT2D eigenvalue weighted by molar-refractivity contribution is 7.92. The summed E-state index contributed by atoms with van der Waals surface area (Å²) in [5.74, 6) is 0.00196. The Bertz CT molecular complexity index is 897. The summed E-state index contributed by atoms with van der Waals surface area (Å²) in [6.45, 7) is 5.28. The molecule has 0 fully saturated rings. The Hall–Kier alpha value is -2.54. The van der Waals surface area contributed by atoms with Gasteiger partial charge >= 0.3 is 0 Å². The second-order valence-corrected chi connectivity index (χ2v) is 8.41. The number of aryl methyl sites for hydroxylation is 1. The average Bonchev–Trinajstić information content (AvgIpc) is 2.61. The lowest BCUT2D eigenvalue weighted by Gasteiger charge is -2.30. The molecule has 2 rings (SSSR count). The first-order valence-corrected chi connectivity index (χ1v) is 10.5. The number of ether oxygens (including phenoxy) is 1. The van der Waals surface area contributed by atoms with E-state index in [1.165, 1.54) is 7.11 Å². The van der Waals surface area contributed by atoms with Crippen molar-refractivity contribution in [3.05, 3.63) is 59.7 Å². The summed E-state index contributed by atoms with van der Waals surface area (Å²) in [5.41, 5.74) is 2.15. The number of hydrogen-bond acceptors (Lipinski definition) is 4. The number of amides is 1. The Morgan fingerprint density at radius 2 is 1.74 bits per heavy atom. The molecule has 1 amide bonds. The largest absolute Gasteiger partial charge is 0.495 e. The molecule has 0 aliphatic heterocycles.